The normalized spacial score (nSPS) is 17.3. The molecule has 120 valence electrons. The maximum absolute atomic E-state index is 14.2. The molecule has 2 rings (SSSR count). The van der Waals surface area contributed by atoms with Gasteiger partial charge < -0.3 is 5.32 Å². The van der Waals surface area contributed by atoms with Gasteiger partial charge in [-0.15, -0.1) is 12.4 Å². The van der Waals surface area contributed by atoms with Gasteiger partial charge in [0, 0.05) is 42.8 Å². The van der Waals surface area contributed by atoms with E-state index in [0.29, 0.717) is 5.02 Å². The second kappa shape index (κ2) is 9.62. The molecule has 1 heterocycles. The maximum Gasteiger partial charge on any atom is 0.128 e. The smallest absolute Gasteiger partial charge is 0.128 e. The number of nitrogens with one attached hydrogen (secondary N) is 1. The quantitative estimate of drug-likeness (QED) is 0.774. The van der Waals surface area contributed by atoms with Crippen molar-refractivity contribution in [3.8, 4) is 0 Å². The molecule has 5 heteroatoms. The molecular weight excluding hydrogens is 310 g/mol. The van der Waals surface area contributed by atoms with Crippen LogP contribution in [0, 0.1) is 5.82 Å². The van der Waals surface area contributed by atoms with Gasteiger partial charge >= 0.3 is 0 Å². The lowest BCUT2D eigenvalue weighted by atomic mass is 9.97. The van der Waals surface area contributed by atoms with Gasteiger partial charge in [0.25, 0.3) is 0 Å². The number of piperazine rings is 1. The Bertz CT molecular complexity index is 423. The first-order valence-corrected chi connectivity index (χ1v) is 8.00. The fourth-order valence-corrected chi connectivity index (χ4v) is 3.07. The standard InChI is InChI=1S/C16H24ClFN2.ClH/c1-2-3-4-5-16(20-10-8-19-9-11-20)14-12-13(17)6-7-15(14)18;/h6-7,12,16,19H,2-5,8-11H2,1H3;1H/t16-;/m1./s1. The lowest BCUT2D eigenvalue weighted by Crippen LogP contribution is -2.45. The van der Waals surface area contributed by atoms with E-state index in [2.05, 4.69) is 17.1 Å². The van der Waals surface area contributed by atoms with Crippen molar-refractivity contribution >= 4 is 24.0 Å². The van der Waals surface area contributed by atoms with Crippen LogP contribution in [0.1, 0.15) is 44.2 Å². The van der Waals surface area contributed by atoms with Crippen molar-refractivity contribution in [3.63, 3.8) is 0 Å². The van der Waals surface area contributed by atoms with Gasteiger partial charge in [-0.1, -0.05) is 37.8 Å². The molecule has 1 fully saturated rings. The van der Waals surface area contributed by atoms with Gasteiger partial charge in [-0.2, -0.15) is 0 Å². The summed E-state index contributed by atoms with van der Waals surface area (Å²) in [6, 6.07) is 5.08. The molecule has 0 bridgehead atoms. The fourth-order valence-electron chi connectivity index (χ4n) is 2.89. The summed E-state index contributed by atoms with van der Waals surface area (Å²) in [5, 5.41) is 3.98. The Morgan fingerprint density at radius 3 is 2.67 bits per heavy atom. The summed E-state index contributed by atoms with van der Waals surface area (Å²) in [6.07, 6.45) is 4.53. The Hall–Kier alpha value is -0.350. The van der Waals surface area contributed by atoms with Crippen LogP contribution in [0.5, 0.6) is 0 Å². The lowest BCUT2D eigenvalue weighted by Gasteiger charge is -2.35. The number of hydrogen-bond acceptors (Lipinski definition) is 2. The maximum atomic E-state index is 14.2. The van der Waals surface area contributed by atoms with Gasteiger partial charge in [-0.05, 0) is 24.6 Å². The van der Waals surface area contributed by atoms with E-state index in [0.717, 1.165) is 44.6 Å². The van der Waals surface area contributed by atoms with Crippen LogP contribution in [0.2, 0.25) is 5.02 Å². The van der Waals surface area contributed by atoms with Gasteiger partial charge in [-0.25, -0.2) is 4.39 Å². The molecule has 1 saturated heterocycles. The predicted octanol–water partition coefficient (Wildman–Crippen LogP) is 4.43. The fraction of sp³-hybridized carbons (Fsp3) is 0.625. The van der Waals surface area contributed by atoms with Crippen LogP contribution in [-0.2, 0) is 0 Å². The summed E-state index contributed by atoms with van der Waals surface area (Å²) in [5.41, 5.74) is 0.760. The second-order valence-electron chi connectivity index (χ2n) is 5.46. The average molecular weight is 335 g/mol. The van der Waals surface area contributed by atoms with Crippen LogP contribution >= 0.6 is 24.0 Å². The van der Waals surface area contributed by atoms with Crippen LogP contribution in [0.25, 0.3) is 0 Å². The van der Waals surface area contributed by atoms with Gasteiger partial charge in [0.05, 0.1) is 0 Å². The van der Waals surface area contributed by atoms with Crippen molar-refractivity contribution in [2.45, 2.75) is 38.6 Å². The van der Waals surface area contributed by atoms with Crippen molar-refractivity contribution in [2.24, 2.45) is 0 Å². The molecule has 2 nitrogen and oxygen atoms in total. The molecule has 1 aromatic carbocycles. The molecule has 0 amide bonds. The minimum absolute atomic E-state index is 0. The third kappa shape index (κ3) is 5.41. The zero-order valence-electron chi connectivity index (χ0n) is 12.6. The Labute approximate surface area is 138 Å². The highest BCUT2D eigenvalue weighted by Crippen LogP contribution is 2.30. The van der Waals surface area contributed by atoms with E-state index < -0.39 is 0 Å². The van der Waals surface area contributed by atoms with Crippen LogP contribution < -0.4 is 5.32 Å². The van der Waals surface area contributed by atoms with Crippen LogP contribution in [-0.4, -0.2) is 31.1 Å². The van der Waals surface area contributed by atoms with Crippen LogP contribution in [0.15, 0.2) is 18.2 Å². The SMILES string of the molecule is CCCCC[C@H](c1cc(Cl)ccc1F)N1CCNCC1.Cl. The number of benzene rings is 1. The minimum atomic E-state index is -0.130. The first-order chi connectivity index (χ1) is 9.72. The van der Waals surface area contributed by atoms with Gasteiger partial charge in [-0.3, -0.25) is 4.90 Å². The highest BCUT2D eigenvalue weighted by molar-refractivity contribution is 6.30. The molecule has 0 aromatic heterocycles. The number of unbranched alkanes of at least 4 members (excludes halogenated alkanes) is 2. The summed E-state index contributed by atoms with van der Waals surface area (Å²) in [7, 11) is 0. The van der Waals surface area contributed by atoms with Crippen molar-refractivity contribution in [1.29, 1.82) is 0 Å². The highest BCUT2D eigenvalue weighted by atomic mass is 35.5. The van der Waals surface area contributed by atoms with E-state index in [1.165, 1.54) is 18.9 Å². The lowest BCUT2D eigenvalue weighted by molar-refractivity contribution is 0.159. The monoisotopic (exact) mass is 334 g/mol. The zero-order chi connectivity index (χ0) is 14.4. The summed E-state index contributed by atoms with van der Waals surface area (Å²) in [4.78, 5) is 2.39. The minimum Gasteiger partial charge on any atom is -0.314 e. The Morgan fingerprint density at radius 1 is 1.29 bits per heavy atom. The summed E-state index contributed by atoms with van der Waals surface area (Å²) < 4.78 is 14.2. The third-order valence-corrected chi connectivity index (χ3v) is 4.23. The molecule has 0 unspecified atom stereocenters. The van der Waals surface area contributed by atoms with E-state index in [4.69, 9.17) is 11.6 Å². The van der Waals surface area contributed by atoms with Crippen LogP contribution in [0.3, 0.4) is 0 Å². The summed E-state index contributed by atoms with van der Waals surface area (Å²) in [6.45, 7) is 6.10. The molecule has 0 radical (unpaired) electrons. The Morgan fingerprint density at radius 2 is 2.00 bits per heavy atom. The van der Waals surface area contributed by atoms with Gasteiger partial charge in [0.1, 0.15) is 5.82 Å². The van der Waals surface area contributed by atoms with Crippen LogP contribution in [0.4, 0.5) is 4.39 Å². The second-order valence-corrected chi connectivity index (χ2v) is 5.90. The van der Waals surface area contributed by atoms with E-state index in [9.17, 15) is 4.39 Å². The van der Waals surface area contributed by atoms with E-state index >= 15 is 0 Å². The largest absolute Gasteiger partial charge is 0.314 e. The third-order valence-electron chi connectivity index (χ3n) is 3.99. The number of rotatable bonds is 6. The highest BCUT2D eigenvalue weighted by Gasteiger charge is 2.24. The first-order valence-electron chi connectivity index (χ1n) is 7.62. The van der Waals surface area contributed by atoms with Crippen molar-refractivity contribution in [3.05, 3.63) is 34.6 Å². The van der Waals surface area contributed by atoms with Gasteiger partial charge in [0.15, 0.2) is 0 Å². The van der Waals surface area contributed by atoms with Crippen molar-refractivity contribution in [2.75, 3.05) is 26.2 Å². The molecule has 1 N–H and O–H groups in total. The van der Waals surface area contributed by atoms with Crippen molar-refractivity contribution < 1.29 is 4.39 Å². The van der Waals surface area contributed by atoms with E-state index in [-0.39, 0.29) is 24.3 Å². The topological polar surface area (TPSA) is 15.3 Å². The molecule has 1 aliphatic rings. The molecule has 1 aromatic rings. The number of hydrogen-bond donors (Lipinski definition) is 1. The molecule has 0 aliphatic carbocycles. The first kappa shape index (κ1) is 18.7. The molecular formula is C16H25Cl2FN2. The molecule has 1 atom stereocenters. The average Bonchev–Trinajstić information content (AvgIpc) is 2.48. The van der Waals surface area contributed by atoms with Gasteiger partial charge in [0.2, 0.25) is 0 Å². The van der Waals surface area contributed by atoms with E-state index in [1.807, 2.05) is 0 Å². The zero-order valence-corrected chi connectivity index (χ0v) is 14.2. The molecule has 1 aliphatic heterocycles. The van der Waals surface area contributed by atoms with E-state index in [1.54, 1.807) is 12.1 Å². The molecule has 0 spiro atoms. The molecule has 21 heavy (non-hydrogen) atoms. The number of halogens is 3. The molecule has 0 saturated carbocycles. The summed E-state index contributed by atoms with van der Waals surface area (Å²) in [5.74, 6) is -0.130. The Kier molecular flexibility index (Phi) is 8.57. The van der Waals surface area contributed by atoms with Crippen molar-refractivity contribution in [1.82, 2.24) is 10.2 Å². The summed E-state index contributed by atoms with van der Waals surface area (Å²) >= 11 is 6.06. The predicted molar refractivity (Wildman–Crippen MR) is 90.0 cm³/mol. The number of nitrogens with zero attached hydrogens (tertiary/aromatic N) is 1. The Balaban J connectivity index is 0.00000220.